The van der Waals surface area contributed by atoms with Gasteiger partial charge in [-0.05, 0) is 0 Å². The van der Waals surface area contributed by atoms with Crippen LogP contribution < -0.4 is 0 Å². The molecule has 0 amide bonds. The van der Waals surface area contributed by atoms with Gasteiger partial charge in [0.25, 0.3) is 0 Å². The first kappa shape index (κ1) is 126. The van der Waals surface area contributed by atoms with Crippen LogP contribution in [0.3, 0.4) is 0 Å². The average molecular weight is 1210 g/mol. The normalized spacial score (nSPS) is 5.22. The molecule has 0 aliphatic rings. The van der Waals surface area contributed by atoms with Gasteiger partial charge in [-0.1, -0.05) is 0 Å². The quantitative estimate of drug-likeness (QED) is 0.0912. The molecule has 6 aromatic rings. The molecule has 0 fully saturated rings. The van der Waals surface area contributed by atoms with Crippen molar-refractivity contribution < 1.29 is 186 Å². The third-order valence-corrected chi connectivity index (χ3v) is 6.01. The van der Waals surface area contributed by atoms with Crippen LogP contribution >= 0.6 is 0 Å². The Bertz CT molecular complexity index is 1750. The van der Waals surface area contributed by atoms with Gasteiger partial charge in [0.1, 0.15) is 0 Å². The van der Waals surface area contributed by atoms with Gasteiger partial charge in [0.05, 0.1) is 0 Å². The van der Waals surface area contributed by atoms with E-state index in [1.165, 1.54) is 55.6 Å². The molecule has 24 heteroatoms. The summed E-state index contributed by atoms with van der Waals surface area (Å²) in [5.41, 5.74) is 13.0. The van der Waals surface area contributed by atoms with E-state index in [4.69, 9.17) is 83.7 Å². The zero-order valence-corrected chi connectivity index (χ0v) is 42.2. The van der Waals surface area contributed by atoms with Gasteiger partial charge in [-0.15, -0.1) is 36.4 Å². The van der Waals surface area contributed by atoms with E-state index >= 15 is 0 Å². The second-order valence-corrected chi connectivity index (χ2v) is 7.74. The van der Waals surface area contributed by atoms with E-state index in [0.29, 0.717) is 0 Å². The van der Waals surface area contributed by atoms with Gasteiger partial charge in [-0.2, -0.15) is 89.5 Å². The Hall–Kier alpha value is -5.46. The molecule has 0 aliphatic heterocycles. The van der Waals surface area contributed by atoms with Crippen LogP contribution in [0.15, 0.2) is 121 Å². The zero-order valence-electron chi connectivity index (χ0n) is 35.2. The first-order valence-corrected chi connectivity index (χ1v) is 14.1. The molecule has 0 saturated heterocycles. The molecule has 0 unspecified atom stereocenters. The smallest absolute Gasteiger partial charge is 0 e. The molecular formula is C48H20Mn6O18-6. The fourth-order valence-corrected chi connectivity index (χ4v) is 4.77. The van der Waals surface area contributed by atoms with E-state index < -0.39 is 0 Å². The fraction of sp³-hybridized carbons (Fsp3) is 0. The Morgan fingerprint density at radius 1 is 0.236 bits per heavy atom. The van der Waals surface area contributed by atoms with Crippen LogP contribution in [0.1, 0.15) is 0 Å². The molecule has 72 heavy (non-hydrogen) atoms. The molecule has 18 nitrogen and oxygen atoms in total. The van der Waals surface area contributed by atoms with Crippen LogP contribution in [0.5, 0.6) is 0 Å². The van der Waals surface area contributed by atoms with Crippen molar-refractivity contribution in [1.29, 1.82) is 0 Å². The van der Waals surface area contributed by atoms with Crippen molar-refractivity contribution in [3.8, 4) is 55.6 Å². The molecule has 6 radical (unpaired) electrons. The number of rotatable bonds is 5. The third-order valence-electron chi connectivity index (χ3n) is 6.01. The van der Waals surface area contributed by atoms with Crippen LogP contribution in [0.25, 0.3) is 55.6 Å². The standard InChI is InChI=1S/C30H20.18CO.6Mn/c1-2-12-21(11-1)26-27(22-13-3-4-14-22)29(24-17-7-8-18-24)30(25-19-9-10-20-25)28(26)23-15-5-6-16-23;18*1-2;;;;;;/h1-20H;;;;;;;;;;;;;;;;;;;;;;;;/q-6;;;;;;;;;;;;;;;;;;;;;;;;. The molecule has 0 atom stereocenters. The molecule has 0 aliphatic carbocycles. The van der Waals surface area contributed by atoms with E-state index in [1.807, 2.05) is 0 Å². The van der Waals surface area contributed by atoms with E-state index in [2.05, 4.69) is 241 Å². The SMILES string of the molecule is [C-]#[O+].[C-]#[O+].[C-]#[O+].[C-]#[O+].[C-]#[O+].[C-]#[O+].[C-]#[O+].[C-]#[O+].[C-]#[O+].[C-]#[O+].[C-]#[O+].[C-]#[O+].[C-]#[O+].[C-]#[O+].[C-]#[O+].[C-]#[O+].[C-]#[O+].[C-]#[O+].[Mn].[Mn].[Mn].[Mn].[Mn].[Mn].c1c[cH-]c(-c2c(-c3ccc[cH-]3)c(-c3ccc[cH-]3)[c-](-c3ccc[cH-]3)c2-c2ccc[cH-]2)c1. The summed E-state index contributed by atoms with van der Waals surface area (Å²) in [6, 6.07) is 43.7. The van der Waals surface area contributed by atoms with Gasteiger partial charge in [0, 0.05) is 102 Å². The number of hydrogen-bond donors (Lipinski definition) is 0. The van der Waals surface area contributed by atoms with Crippen molar-refractivity contribution in [1.82, 2.24) is 0 Å². The summed E-state index contributed by atoms with van der Waals surface area (Å²) in [5.74, 6) is 0. The van der Waals surface area contributed by atoms with Crippen molar-refractivity contribution in [3.05, 3.63) is 241 Å². The fourth-order valence-electron chi connectivity index (χ4n) is 4.77. The Morgan fingerprint density at radius 3 is 0.556 bits per heavy atom. The zero-order chi connectivity index (χ0) is 55.9. The summed E-state index contributed by atoms with van der Waals surface area (Å²) >= 11 is 0. The van der Waals surface area contributed by atoms with E-state index in [9.17, 15) is 0 Å². The maximum absolute atomic E-state index is 7.50. The van der Waals surface area contributed by atoms with Crippen LogP contribution in [-0.2, 0) is 186 Å². The van der Waals surface area contributed by atoms with Crippen LogP contribution in [-0.4, -0.2) is 0 Å². The van der Waals surface area contributed by atoms with Gasteiger partial charge in [0.2, 0.25) is 0 Å². The van der Waals surface area contributed by atoms with Gasteiger partial charge >= 0.3 is 203 Å². The molecule has 0 N–H and O–H groups in total. The van der Waals surface area contributed by atoms with Crippen molar-refractivity contribution in [2.24, 2.45) is 0 Å². The minimum Gasteiger partial charge on any atom is -0.249 e. The first-order valence-electron chi connectivity index (χ1n) is 14.1. The molecule has 0 saturated carbocycles. The molecule has 368 valence electrons. The second kappa shape index (κ2) is 138. The summed E-state index contributed by atoms with van der Waals surface area (Å²) in [5, 5.41) is 0. The van der Waals surface area contributed by atoms with Crippen molar-refractivity contribution in [2.75, 3.05) is 0 Å². The summed E-state index contributed by atoms with van der Waals surface area (Å²) in [6.45, 7) is 81.0. The third kappa shape index (κ3) is 53.9. The Kier molecular flexibility index (Phi) is 242. The predicted molar refractivity (Wildman–Crippen MR) is 198 cm³/mol. The first-order chi connectivity index (χ1) is 32.9. The molecule has 6 aromatic carbocycles. The topological polar surface area (TPSA) is 358 Å². The second-order valence-electron chi connectivity index (χ2n) is 7.74. The summed E-state index contributed by atoms with van der Waals surface area (Å²) in [6.07, 6.45) is 0. The van der Waals surface area contributed by atoms with Crippen LogP contribution in [0.2, 0.25) is 0 Å². The maximum Gasteiger partial charge on any atom is 0 e. The Labute approximate surface area is 479 Å². The molecule has 0 spiro atoms. The summed E-state index contributed by atoms with van der Waals surface area (Å²) in [4.78, 5) is 0. The van der Waals surface area contributed by atoms with E-state index in [-0.39, 0.29) is 102 Å². The Balaban J connectivity index is -0.0000000340. The minimum absolute atomic E-state index is 0. The molecule has 0 aromatic heterocycles. The molecule has 0 heterocycles. The van der Waals surface area contributed by atoms with Crippen molar-refractivity contribution in [3.63, 3.8) is 0 Å². The molecule has 0 bridgehead atoms. The number of hydrogen-bond acceptors (Lipinski definition) is 0. The summed E-state index contributed by atoms with van der Waals surface area (Å²) in [7, 11) is 0. The minimum atomic E-state index is 0. The monoisotopic (exact) mass is 1210 g/mol. The van der Waals surface area contributed by atoms with Crippen molar-refractivity contribution >= 4 is 0 Å². The largest absolute Gasteiger partial charge is 0.249 e. The maximum atomic E-state index is 7.50. The van der Waals surface area contributed by atoms with Gasteiger partial charge in [0.15, 0.2) is 0 Å². The molecular weight excluding hydrogens is 1190 g/mol. The molecule has 6 rings (SSSR count). The summed E-state index contributed by atoms with van der Waals surface area (Å²) < 4.78 is 135. The Morgan fingerprint density at radius 2 is 0.403 bits per heavy atom. The van der Waals surface area contributed by atoms with Crippen LogP contribution in [0.4, 0.5) is 0 Å². The average Bonchev–Trinajstić information content (AvgIpc) is 4.34. The van der Waals surface area contributed by atoms with Gasteiger partial charge in [-0.25, -0.2) is 51.1 Å². The van der Waals surface area contributed by atoms with Gasteiger partial charge in [-0.3, -0.25) is 0 Å². The van der Waals surface area contributed by atoms with Gasteiger partial charge < -0.3 is 0 Å². The predicted octanol–water partition coefficient (Wildman–Crippen LogP) is 7.64. The van der Waals surface area contributed by atoms with E-state index in [1.54, 1.807) is 0 Å². The van der Waals surface area contributed by atoms with E-state index in [0.717, 1.165) is 0 Å². The van der Waals surface area contributed by atoms with Crippen molar-refractivity contribution in [2.45, 2.75) is 0 Å². The van der Waals surface area contributed by atoms with Crippen LogP contribution in [0, 0.1) is 120 Å².